The highest BCUT2D eigenvalue weighted by molar-refractivity contribution is 5.86. The third kappa shape index (κ3) is 4.88. The van der Waals surface area contributed by atoms with Gasteiger partial charge in [-0.3, -0.25) is 4.79 Å². The number of aldehydes is 2. The lowest BCUT2D eigenvalue weighted by molar-refractivity contribution is -0.153. The zero-order valence-electron chi connectivity index (χ0n) is 13.6. The molecular formula is C16H27NO5. The Balaban J connectivity index is 2.21. The molecule has 1 rings (SSSR count). The second-order valence-electron chi connectivity index (χ2n) is 5.84. The van der Waals surface area contributed by atoms with E-state index in [0.717, 1.165) is 31.8 Å². The van der Waals surface area contributed by atoms with E-state index >= 15 is 0 Å². The summed E-state index contributed by atoms with van der Waals surface area (Å²) >= 11 is 0. The maximum Gasteiger partial charge on any atom is 0.229 e. The number of carbonyl (C=O) groups is 3. The topological polar surface area (TPSA) is 72.9 Å². The second-order valence-corrected chi connectivity index (χ2v) is 5.84. The van der Waals surface area contributed by atoms with Gasteiger partial charge in [0.1, 0.15) is 12.6 Å². The van der Waals surface area contributed by atoms with Gasteiger partial charge >= 0.3 is 0 Å². The van der Waals surface area contributed by atoms with E-state index in [-0.39, 0.29) is 11.8 Å². The Labute approximate surface area is 132 Å². The van der Waals surface area contributed by atoms with Crippen molar-refractivity contribution >= 4 is 18.5 Å². The standard InChI is InChI=1S/C16H27NO5/c1-14(13-19)16(5-3-6-16)15(20)17(2)7-10-22-12-11-21-9-4-8-18/h8,13-14H,3-7,9-12H2,1-2H3. The molecule has 126 valence electrons. The average Bonchev–Trinajstić information content (AvgIpc) is 2.48. The fourth-order valence-electron chi connectivity index (χ4n) is 2.69. The Morgan fingerprint density at radius 1 is 1.18 bits per heavy atom. The number of ether oxygens (including phenoxy) is 2. The molecule has 22 heavy (non-hydrogen) atoms. The van der Waals surface area contributed by atoms with Crippen LogP contribution < -0.4 is 0 Å². The first kappa shape index (κ1) is 18.8. The summed E-state index contributed by atoms with van der Waals surface area (Å²) in [6.07, 6.45) is 4.69. The third-order valence-electron chi connectivity index (χ3n) is 4.42. The lowest BCUT2D eigenvalue weighted by Crippen LogP contribution is -2.51. The van der Waals surface area contributed by atoms with Crippen molar-refractivity contribution in [3.8, 4) is 0 Å². The van der Waals surface area contributed by atoms with Crippen molar-refractivity contribution < 1.29 is 23.9 Å². The van der Waals surface area contributed by atoms with Crippen molar-refractivity contribution in [1.82, 2.24) is 4.90 Å². The summed E-state index contributed by atoms with van der Waals surface area (Å²) < 4.78 is 10.6. The van der Waals surface area contributed by atoms with E-state index in [2.05, 4.69) is 0 Å². The second kappa shape index (κ2) is 9.69. The molecule has 1 fully saturated rings. The Bertz CT molecular complexity index is 368. The minimum Gasteiger partial charge on any atom is -0.379 e. The lowest BCUT2D eigenvalue weighted by atomic mass is 9.61. The van der Waals surface area contributed by atoms with Crippen molar-refractivity contribution in [2.75, 3.05) is 40.0 Å². The zero-order chi connectivity index (χ0) is 16.4. The molecule has 0 saturated heterocycles. The number of amides is 1. The van der Waals surface area contributed by atoms with E-state index in [0.29, 0.717) is 39.4 Å². The molecule has 1 saturated carbocycles. The van der Waals surface area contributed by atoms with E-state index in [9.17, 15) is 14.4 Å². The minimum absolute atomic E-state index is 0.0455. The van der Waals surface area contributed by atoms with Gasteiger partial charge in [-0.05, 0) is 12.8 Å². The molecule has 0 heterocycles. The largest absolute Gasteiger partial charge is 0.379 e. The maximum atomic E-state index is 12.5. The van der Waals surface area contributed by atoms with Gasteiger partial charge in [-0.2, -0.15) is 0 Å². The highest BCUT2D eigenvalue weighted by Crippen LogP contribution is 2.47. The molecule has 0 spiro atoms. The molecule has 0 bridgehead atoms. The van der Waals surface area contributed by atoms with Crippen LogP contribution in [0.3, 0.4) is 0 Å². The van der Waals surface area contributed by atoms with Crippen molar-refractivity contribution in [2.24, 2.45) is 11.3 Å². The molecule has 0 N–H and O–H groups in total. The first-order valence-electron chi connectivity index (χ1n) is 7.88. The molecule has 1 amide bonds. The summed E-state index contributed by atoms with van der Waals surface area (Å²) in [4.78, 5) is 35.3. The molecule has 0 aliphatic heterocycles. The summed E-state index contributed by atoms with van der Waals surface area (Å²) in [5.74, 6) is -0.187. The van der Waals surface area contributed by atoms with Gasteiger partial charge < -0.3 is 24.0 Å². The Kier molecular flexibility index (Phi) is 8.27. The Morgan fingerprint density at radius 2 is 1.82 bits per heavy atom. The zero-order valence-corrected chi connectivity index (χ0v) is 13.6. The number of hydrogen-bond acceptors (Lipinski definition) is 5. The molecule has 6 nitrogen and oxygen atoms in total. The smallest absolute Gasteiger partial charge is 0.229 e. The number of carbonyl (C=O) groups excluding carboxylic acids is 3. The summed E-state index contributed by atoms with van der Waals surface area (Å²) in [5.41, 5.74) is -0.492. The number of likely N-dealkylation sites (N-methyl/N-ethyl adjacent to an activating group) is 1. The van der Waals surface area contributed by atoms with Crippen LogP contribution in [0, 0.1) is 11.3 Å². The first-order valence-corrected chi connectivity index (χ1v) is 7.88. The lowest BCUT2D eigenvalue weighted by Gasteiger charge is -2.45. The first-order chi connectivity index (χ1) is 10.6. The van der Waals surface area contributed by atoms with Crippen LogP contribution in [-0.2, 0) is 23.9 Å². The molecule has 1 atom stereocenters. The van der Waals surface area contributed by atoms with Crippen molar-refractivity contribution in [2.45, 2.75) is 32.6 Å². The number of hydrogen-bond donors (Lipinski definition) is 0. The fourth-order valence-corrected chi connectivity index (χ4v) is 2.69. The van der Waals surface area contributed by atoms with Crippen LogP contribution in [0.1, 0.15) is 32.6 Å². The van der Waals surface area contributed by atoms with Gasteiger partial charge in [0.15, 0.2) is 0 Å². The van der Waals surface area contributed by atoms with E-state index in [4.69, 9.17) is 9.47 Å². The van der Waals surface area contributed by atoms with Crippen molar-refractivity contribution in [3.63, 3.8) is 0 Å². The summed E-state index contributed by atoms with van der Waals surface area (Å²) in [6.45, 7) is 4.06. The molecule has 1 aliphatic carbocycles. The van der Waals surface area contributed by atoms with E-state index in [1.807, 2.05) is 6.92 Å². The quantitative estimate of drug-likeness (QED) is 0.398. The summed E-state index contributed by atoms with van der Waals surface area (Å²) in [6, 6.07) is 0. The van der Waals surface area contributed by atoms with Crippen LogP contribution in [-0.4, -0.2) is 63.4 Å². The van der Waals surface area contributed by atoms with Crippen LogP contribution in [0.25, 0.3) is 0 Å². The fraction of sp³-hybridized carbons (Fsp3) is 0.812. The normalized spacial score (nSPS) is 17.4. The summed E-state index contributed by atoms with van der Waals surface area (Å²) in [5, 5.41) is 0. The van der Waals surface area contributed by atoms with E-state index in [1.165, 1.54) is 0 Å². The molecule has 1 aliphatic rings. The average molecular weight is 313 g/mol. The van der Waals surface area contributed by atoms with Crippen LogP contribution in [0.15, 0.2) is 0 Å². The molecule has 0 aromatic heterocycles. The highest BCUT2D eigenvalue weighted by atomic mass is 16.5. The SMILES string of the molecule is CC(C=O)C1(C(=O)N(C)CCOCCOCCC=O)CCC1. The number of rotatable bonds is 12. The van der Waals surface area contributed by atoms with Crippen LogP contribution in [0.5, 0.6) is 0 Å². The van der Waals surface area contributed by atoms with Crippen molar-refractivity contribution in [1.29, 1.82) is 0 Å². The molecular weight excluding hydrogens is 286 g/mol. The Morgan fingerprint density at radius 3 is 2.32 bits per heavy atom. The van der Waals surface area contributed by atoms with Gasteiger partial charge in [0, 0.05) is 25.9 Å². The van der Waals surface area contributed by atoms with E-state index in [1.54, 1.807) is 11.9 Å². The van der Waals surface area contributed by atoms with Crippen molar-refractivity contribution in [3.05, 3.63) is 0 Å². The number of nitrogens with zero attached hydrogens (tertiary/aromatic N) is 1. The van der Waals surface area contributed by atoms with Gasteiger partial charge in [0.2, 0.25) is 5.91 Å². The van der Waals surface area contributed by atoms with Gasteiger partial charge in [-0.1, -0.05) is 13.3 Å². The summed E-state index contributed by atoms with van der Waals surface area (Å²) in [7, 11) is 1.75. The monoisotopic (exact) mass is 313 g/mol. The molecule has 0 radical (unpaired) electrons. The van der Waals surface area contributed by atoms with Gasteiger partial charge in [-0.15, -0.1) is 0 Å². The van der Waals surface area contributed by atoms with Crippen LogP contribution >= 0.6 is 0 Å². The molecule has 0 aromatic rings. The highest BCUT2D eigenvalue weighted by Gasteiger charge is 2.49. The minimum atomic E-state index is -0.492. The molecule has 1 unspecified atom stereocenters. The Hall–Kier alpha value is -1.27. The molecule has 6 heteroatoms. The molecule has 0 aromatic carbocycles. The van der Waals surface area contributed by atoms with Crippen LogP contribution in [0.4, 0.5) is 0 Å². The van der Waals surface area contributed by atoms with Gasteiger partial charge in [0.05, 0.1) is 31.8 Å². The third-order valence-corrected chi connectivity index (χ3v) is 4.42. The van der Waals surface area contributed by atoms with Gasteiger partial charge in [0.25, 0.3) is 0 Å². The predicted molar refractivity (Wildman–Crippen MR) is 81.5 cm³/mol. The van der Waals surface area contributed by atoms with E-state index < -0.39 is 5.41 Å². The van der Waals surface area contributed by atoms with Crippen LogP contribution in [0.2, 0.25) is 0 Å². The maximum absolute atomic E-state index is 12.5. The van der Waals surface area contributed by atoms with Gasteiger partial charge in [-0.25, -0.2) is 0 Å². The predicted octanol–water partition coefficient (Wildman–Crippen LogP) is 1.07.